The summed E-state index contributed by atoms with van der Waals surface area (Å²) in [5.41, 5.74) is 0.0135. The van der Waals surface area contributed by atoms with Crippen LogP contribution in [0.2, 0.25) is 0 Å². The van der Waals surface area contributed by atoms with Crippen molar-refractivity contribution in [2.24, 2.45) is 0 Å². The van der Waals surface area contributed by atoms with E-state index in [-0.39, 0.29) is 11.3 Å². The number of rotatable bonds is 4. The third-order valence-corrected chi connectivity index (χ3v) is 3.04. The predicted molar refractivity (Wildman–Crippen MR) is 66.2 cm³/mol. The average Bonchev–Trinajstić information content (AvgIpc) is 2.40. The van der Waals surface area contributed by atoms with E-state index in [1.165, 1.54) is 23.9 Å². The summed E-state index contributed by atoms with van der Waals surface area (Å²) in [7, 11) is 0. The molecule has 0 amide bonds. The van der Waals surface area contributed by atoms with E-state index < -0.39 is 10.9 Å². The Bertz CT molecular complexity index is 557. The summed E-state index contributed by atoms with van der Waals surface area (Å²) in [5, 5.41) is 19.5. The van der Waals surface area contributed by atoms with Crippen molar-refractivity contribution >= 4 is 23.4 Å². The Hall–Kier alpha value is -2.48. The molecule has 0 saturated carbocycles. The van der Waals surface area contributed by atoms with E-state index in [2.05, 4.69) is 9.97 Å². The van der Waals surface area contributed by atoms with E-state index in [4.69, 9.17) is 5.11 Å². The summed E-state index contributed by atoms with van der Waals surface area (Å²) >= 11 is 1.19. The molecule has 0 radical (unpaired) electrons. The van der Waals surface area contributed by atoms with Crippen LogP contribution in [-0.4, -0.2) is 26.0 Å². The van der Waals surface area contributed by atoms with Crippen LogP contribution in [0.5, 0.6) is 0 Å². The first kappa shape index (κ1) is 13.0. The minimum atomic E-state index is -0.997. The molecule has 0 aliphatic carbocycles. The third kappa shape index (κ3) is 3.26. The van der Waals surface area contributed by atoms with Crippen LogP contribution < -0.4 is 0 Å². The highest BCUT2D eigenvalue weighted by Crippen LogP contribution is 2.25. The molecule has 0 aliphatic heterocycles. The molecule has 0 atom stereocenters. The Balaban J connectivity index is 2.12. The number of nitro groups is 1. The van der Waals surface area contributed by atoms with Gasteiger partial charge in [-0.3, -0.25) is 10.1 Å². The lowest BCUT2D eigenvalue weighted by Gasteiger charge is -2.00. The lowest BCUT2D eigenvalue weighted by atomic mass is 10.2. The van der Waals surface area contributed by atoms with Crippen LogP contribution in [0.4, 0.5) is 5.69 Å². The first-order valence-corrected chi connectivity index (χ1v) is 5.85. The minimum absolute atomic E-state index is 0.175. The second-order valence-corrected chi connectivity index (χ2v) is 4.45. The van der Waals surface area contributed by atoms with Gasteiger partial charge in [-0.05, 0) is 36.0 Å². The van der Waals surface area contributed by atoms with Gasteiger partial charge in [0.1, 0.15) is 12.4 Å². The van der Waals surface area contributed by atoms with Crippen LogP contribution in [-0.2, 0) is 0 Å². The molecular weight excluding hydrogens is 270 g/mol. The zero-order valence-electron chi connectivity index (χ0n) is 9.39. The lowest BCUT2D eigenvalue weighted by Crippen LogP contribution is -1.95. The number of carboxylic acids is 1. The van der Waals surface area contributed by atoms with Gasteiger partial charge in [0.05, 0.1) is 10.5 Å². The van der Waals surface area contributed by atoms with E-state index >= 15 is 0 Å². The Labute approximate surface area is 111 Å². The maximum Gasteiger partial charge on any atom is 0.335 e. The maximum absolute atomic E-state index is 10.7. The largest absolute Gasteiger partial charge is 0.478 e. The van der Waals surface area contributed by atoms with Crippen molar-refractivity contribution in [1.82, 2.24) is 9.97 Å². The summed E-state index contributed by atoms with van der Waals surface area (Å²) in [6.45, 7) is 0. The van der Waals surface area contributed by atoms with Gasteiger partial charge in [0.15, 0.2) is 5.16 Å². The standard InChI is InChI=1S/C11H7N3O4S/c15-10(16)7-1-3-9(4-2-7)19-11-12-5-8(6-13-11)14(17)18/h1-6H,(H,15,16). The van der Waals surface area contributed by atoms with Crippen molar-refractivity contribution in [3.63, 3.8) is 0 Å². The molecule has 0 aliphatic rings. The van der Waals surface area contributed by atoms with Crippen molar-refractivity contribution in [1.29, 1.82) is 0 Å². The normalized spacial score (nSPS) is 10.1. The van der Waals surface area contributed by atoms with Crippen LogP contribution >= 0.6 is 11.8 Å². The van der Waals surface area contributed by atoms with Gasteiger partial charge in [0.2, 0.25) is 0 Å². The second-order valence-electron chi connectivity index (χ2n) is 3.41. The number of hydrogen-bond acceptors (Lipinski definition) is 6. The maximum atomic E-state index is 10.7. The first-order chi connectivity index (χ1) is 9.06. The Kier molecular flexibility index (Phi) is 3.71. The second kappa shape index (κ2) is 5.44. The molecule has 96 valence electrons. The molecule has 2 aromatic rings. The zero-order valence-corrected chi connectivity index (χ0v) is 10.2. The van der Waals surface area contributed by atoms with Gasteiger partial charge in [-0.15, -0.1) is 0 Å². The third-order valence-electron chi connectivity index (χ3n) is 2.14. The lowest BCUT2D eigenvalue weighted by molar-refractivity contribution is -0.385. The van der Waals surface area contributed by atoms with Gasteiger partial charge in [0, 0.05) is 4.90 Å². The fourth-order valence-corrected chi connectivity index (χ4v) is 1.92. The monoisotopic (exact) mass is 277 g/mol. The van der Waals surface area contributed by atoms with Gasteiger partial charge < -0.3 is 5.11 Å². The summed E-state index contributed by atoms with van der Waals surface area (Å²) < 4.78 is 0. The number of carbonyl (C=O) groups is 1. The number of aromatic nitrogens is 2. The van der Waals surface area contributed by atoms with Gasteiger partial charge >= 0.3 is 11.7 Å². The fraction of sp³-hybridized carbons (Fsp3) is 0. The van der Waals surface area contributed by atoms with Crippen LogP contribution in [0.3, 0.4) is 0 Å². The molecule has 1 N–H and O–H groups in total. The molecule has 0 bridgehead atoms. The van der Waals surface area contributed by atoms with Crippen LogP contribution in [0.25, 0.3) is 0 Å². The van der Waals surface area contributed by atoms with Gasteiger partial charge in [0.25, 0.3) is 0 Å². The van der Waals surface area contributed by atoms with Crippen molar-refractivity contribution < 1.29 is 14.8 Å². The Morgan fingerprint density at radius 1 is 1.21 bits per heavy atom. The highest BCUT2D eigenvalue weighted by atomic mass is 32.2. The number of aromatic carboxylic acids is 1. The number of benzene rings is 1. The molecule has 19 heavy (non-hydrogen) atoms. The molecule has 1 aromatic carbocycles. The molecule has 0 fully saturated rings. The van der Waals surface area contributed by atoms with Gasteiger partial charge in [-0.2, -0.15) is 0 Å². The first-order valence-electron chi connectivity index (χ1n) is 5.04. The van der Waals surface area contributed by atoms with Gasteiger partial charge in [-0.25, -0.2) is 14.8 Å². The summed E-state index contributed by atoms with van der Waals surface area (Å²) in [6.07, 6.45) is 2.25. The molecule has 7 nitrogen and oxygen atoms in total. The molecule has 0 saturated heterocycles. The topological polar surface area (TPSA) is 106 Å². The van der Waals surface area contributed by atoms with Crippen LogP contribution in [0, 0.1) is 10.1 Å². The Morgan fingerprint density at radius 3 is 2.26 bits per heavy atom. The predicted octanol–water partition coefficient (Wildman–Crippen LogP) is 2.23. The highest BCUT2D eigenvalue weighted by molar-refractivity contribution is 7.99. The molecule has 1 heterocycles. The Morgan fingerprint density at radius 2 is 1.79 bits per heavy atom. The molecule has 1 aromatic heterocycles. The minimum Gasteiger partial charge on any atom is -0.478 e. The molecular formula is C11H7N3O4S. The number of carboxylic acid groups (broad SMARTS) is 1. The van der Waals surface area contributed by atoms with E-state index in [0.717, 1.165) is 17.3 Å². The van der Waals surface area contributed by atoms with Crippen molar-refractivity contribution in [3.05, 3.63) is 52.3 Å². The zero-order chi connectivity index (χ0) is 13.8. The quantitative estimate of drug-likeness (QED) is 0.518. The average molecular weight is 277 g/mol. The summed E-state index contributed by atoms with van der Waals surface area (Å²) in [4.78, 5) is 29.0. The SMILES string of the molecule is O=C(O)c1ccc(Sc2ncc([N+](=O)[O-])cn2)cc1. The van der Waals surface area contributed by atoms with Crippen LogP contribution in [0.15, 0.2) is 46.7 Å². The fourth-order valence-electron chi connectivity index (χ4n) is 1.23. The highest BCUT2D eigenvalue weighted by Gasteiger charge is 2.08. The smallest absolute Gasteiger partial charge is 0.335 e. The number of nitrogens with zero attached hydrogens (tertiary/aromatic N) is 3. The van der Waals surface area contributed by atoms with E-state index in [1.54, 1.807) is 12.1 Å². The van der Waals surface area contributed by atoms with Crippen molar-refractivity contribution in [2.45, 2.75) is 10.1 Å². The number of hydrogen-bond donors (Lipinski definition) is 1. The molecule has 8 heteroatoms. The summed E-state index contributed by atoms with van der Waals surface area (Å²) in [6, 6.07) is 6.18. The van der Waals surface area contributed by atoms with Crippen molar-refractivity contribution in [3.8, 4) is 0 Å². The summed E-state index contributed by atoms with van der Waals surface area (Å²) in [5.74, 6) is -0.997. The van der Waals surface area contributed by atoms with Gasteiger partial charge in [-0.1, -0.05) is 0 Å². The van der Waals surface area contributed by atoms with E-state index in [1.807, 2.05) is 0 Å². The van der Waals surface area contributed by atoms with Crippen molar-refractivity contribution in [2.75, 3.05) is 0 Å². The van der Waals surface area contributed by atoms with Crippen LogP contribution in [0.1, 0.15) is 10.4 Å². The molecule has 0 spiro atoms. The van der Waals surface area contributed by atoms with E-state index in [0.29, 0.717) is 5.16 Å². The van der Waals surface area contributed by atoms with E-state index in [9.17, 15) is 14.9 Å². The molecule has 2 rings (SSSR count). The molecule has 0 unspecified atom stereocenters.